The minimum Gasteiger partial charge on any atom is -0.394 e. The molecule has 35 heavy (non-hydrogen) atoms. The molecule has 2 fully saturated rings. The second kappa shape index (κ2) is 10.6. The second-order valence-corrected chi connectivity index (χ2v) is 9.39. The first kappa shape index (κ1) is 27.7. The Morgan fingerprint density at radius 1 is 1.06 bits per heavy atom. The maximum absolute atomic E-state index is 12.5. The van der Waals surface area contributed by atoms with Gasteiger partial charge in [0.25, 0.3) is 0 Å². The number of aliphatic hydroxyl groups is 6. The standard InChI is InChI=1S/C16H25N6O11P.H3N/c17-13-8-14(19-3-18-13)22(4-20-8)15-12(27)10(25)6(32-15)2-31-34(29,30)21-7-11(26)9(24)5(1-23)33-16(7)28;/h3-7,9-12,15-16,23-28H,1-2H2,(H2,17,18,19)(H2,21,29,30);1H3/t5-,6-,7-,9-,10-,11-,12-,15-,16?;/m1./s1. The van der Waals surface area contributed by atoms with Gasteiger partial charge in [-0.3, -0.25) is 9.09 Å². The highest BCUT2D eigenvalue weighted by atomic mass is 31.2. The molecule has 2 aliphatic heterocycles. The fourth-order valence-corrected chi connectivity index (χ4v) is 4.87. The van der Waals surface area contributed by atoms with Crippen molar-refractivity contribution in [2.75, 3.05) is 18.9 Å². The molecular weight excluding hydrogens is 497 g/mol. The van der Waals surface area contributed by atoms with Crippen LogP contribution in [-0.4, -0.2) is 117 Å². The van der Waals surface area contributed by atoms with Gasteiger partial charge in [-0.15, -0.1) is 0 Å². The van der Waals surface area contributed by atoms with E-state index in [9.17, 15) is 35.0 Å². The number of imidazole rings is 1. The number of aromatic nitrogens is 4. The van der Waals surface area contributed by atoms with Crippen LogP contribution < -0.4 is 17.0 Å². The van der Waals surface area contributed by atoms with Crippen LogP contribution in [0.25, 0.3) is 11.2 Å². The topological polar surface area (TPSA) is 303 Å². The minimum atomic E-state index is -4.77. The van der Waals surface area contributed by atoms with E-state index in [-0.39, 0.29) is 23.1 Å². The Balaban J connectivity index is 0.00000342. The summed E-state index contributed by atoms with van der Waals surface area (Å²) in [5.74, 6) is 0.0930. The van der Waals surface area contributed by atoms with E-state index < -0.39 is 76.1 Å². The maximum atomic E-state index is 12.5. The van der Waals surface area contributed by atoms with Gasteiger partial charge < -0.3 is 56.9 Å². The Kier molecular flexibility index (Phi) is 8.39. The van der Waals surface area contributed by atoms with Gasteiger partial charge in [-0.05, 0) is 0 Å². The summed E-state index contributed by atoms with van der Waals surface area (Å²) in [5, 5.41) is 61.8. The molecule has 0 spiro atoms. The van der Waals surface area contributed by atoms with Crippen molar-refractivity contribution >= 4 is 24.7 Å². The van der Waals surface area contributed by atoms with Crippen LogP contribution in [-0.2, 0) is 18.6 Å². The number of nitrogens with zero attached hydrogens (tertiary/aromatic N) is 4. The normalized spacial score (nSPS) is 37.2. The van der Waals surface area contributed by atoms with E-state index >= 15 is 0 Å². The summed E-state index contributed by atoms with van der Waals surface area (Å²) in [4.78, 5) is 22.0. The first-order valence-electron chi connectivity index (χ1n) is 10.0. The van der Waals surface area contributed by atoms with Crippen molar-refractivity contribution in [3.05, 3.63) is 12.7 Å². The van der Waals surface area contributed by atoms with Crippen LogP contribution in [0.1, 0.15) is 6.23 Å². The molecule has 18 nitrogen and oxygen atoms in total. The molecule has 0 bridgehead atoms. The summed E-state index contributed by atoms with van der Waals surface area (Å²) < 4.78 is 29.2. The Hall–Kier alpha value is -1.90. The highest BCUT2D eigenvalue weighted by Gasteiger charge is 2.48. The molecule has 2 saturated heterocycles. The molecule has 0 amide bonds. The van der Waals surface area contributed by atoms with Crippen LogP contribution in [0.15, 0.2) is 12.7 Å². The van der Waals surface area contributed by atoms with E-state index in [1.807, 2.05) is 5.09 Å². The lowest BCUT2D eigenvalue weighted by atomic mass is 9.98. The van der Waals surface area contributed by atoms with E-state index in [4.69, 9.17) is 24.8 Å². The monoisotopic (exact) mass is 525 g/mol. The third kappa shape index (κ3) is 5.30. The molecule has 2 aromatic heterocycles. The number of aliphatic hydroxyl groups excluding tert-OH is 6. The van der Waals surface area contributed by atoms with Gasteiger partial charge in [-0.25, -0.2) is 24.6 Å². The Morgan fingerprint density at radius 2 is 1.74 bits per heavy atom. The number of nitrogen functional groups attached to an aromatic ring is 1. The zero-order chi connectivity index (χ0) is 24.8. The van der Waals surface area contributed by atoms with E-state index in [2.05, 4.69) is 15.0 Å². The van der Waals surface area contributed by atoms with Crippen molar-refractivity contribution in [1.29, 1.82) is 0 Å². The number of anilines is 1. The highest BCUT2D eigenvalue weighted by Crippen LogP contribution is 2.41. The lowest BCUT2D eigenvalue weighted by Crippen LogP contribution is -2.62. The summed E-state index contributed by atoms with van der Waals surface area (Å²) >= 11 is 0. The van der Waals surface area contributed by atoms with Crippen LogP contribution >= 0.6 is 7.75 Å². The van der Waals surface area contributed by atoms with Crippen LogP contribution in [0.3, 0.4) is 0 Å². The van der Waals surface area contributed by atoms with Crippen molar-refractivity contribution in [3.63, 3.8) is 0 Å². The Bertz CT molecular complexity index is 1060. The largest absolute Gasteiger partial charge is 0.403 e. The summed E-state index contributed by atoms with van der Waals surface area (Å²) in [6, 6.07) is -1.65. The van der Waals surface area contributed by atoms with Crippen LogP contribution in [0.5, 0.6) is 0 Å². The first-order chi connectivity index (χ1) is 16.0. The number of hydrogen-bond donors (Lipinski definition) is 10. The average Bonchev–Trinajstić information content (AvgIpc) is 3.34. The summed E-state index contributed by atoms with van der Waals surface area (Å²) in [7, 11) is -4.77. The fourth-order valence-electron chi connectivity index (χ4n) is 3.79. The zero-order valence-electron chi connectivity index (χ0n) is 18.0. The Morgan fingerprint density at radius 3 is 2.43 bits per heavy atom. The molecule has 2 unspecified atom stereocenters. The summed E-state index contributed by atoms with van der Waals surface area (Å²) in [6.07, 6.45) is -9.65. The molecule has 19 heteroatoms. The molecule has 2 aliphatic rings. The molecule has 4 heterocycles. The minimum absolute atomic E-state index is 0. The number of rotatable bonds is 7. The lowest BCUT2D eigenvalue weighted by molar-refractivity contribution is -0.252. The van der Waals surface area contributed by atoms with E-state index in [0.29, 0.717) is 0 Å². The lowest BCUT2D eigenvalue weighted by Gasteiger charge is -2.40. The van der Waals surface area contributed by atoms with Gasteiger partial charge in [0.1, 0.15) is 48.5 Å². The maximum Gasteiger partial charge on any atom is 0.403 e. The molecule has 4 rings (SSSR count). The molecular formula is C16H28N7O11P. The number of nitrogens with one attached hydrogen (secondary N) is 1. The quantitative estimate of drug-likeness (QED) is 0.153. The number of nitrogens with two attached hydrogens (primary N) is 1. The second-order valence-electron chi connectivity index (χ2n) is 7.83. The third-order valence-electron chi connectivity index (χ3n) is 5.62. The summed E-state index contributed by atoms with van der Waals surface area (Å²) in [6.45, 7) is -1.40. The van der Waals surface area contributed by atoms with Gasteiger partial charge in [0.15, 0.2) is 24.0 Å². The van der Waals surface area contributed by atoms with Crippen molar-refractivity contribution < 1.29 is 54.1 Å². The molecule has 10 atom stereocenters. The van der Waals surface area contributed by atoms with Crippen LogP contribution in [0.2, 0.25) is 0 Å². The van der Waals surface area contributed by atoms with Crippen molar-refractivity contribution in [3.8, 4) is 0 Å². The van der Waals surface area contributed by atoms with Crippen LogP contribution in [0.4, 0.5) is 5.82 Å². The predicted molar refractivity (Wildman–Crippen MR) is 113 cm³/mol. The number of ether oxygens (including phenoxy) is 2. The van der Waals surface area contributed by atoms with E-state index in [1.54, 1.807) is 0 Å². The van der Waals surface area contributed by atoms with Gasteiger partial charge in [-0.2, -0.15) is 0 Å². The van der Waals surface area contributed by atoms with Gasteiger partial charge in [0.05, 0.1) is 25.6 Å². The zero-order valence-corrected chi connectivity index (χ0v) is 18.9. The Labute approximate surface area is 197 Å². The van der Waals surface area contributed by atoms with Gasteiger partial charge in [0, 0.05) is 0 Å². The van der Waals surface area contributed by atoms with Gasteiger partial charge in [-0.1, -0.05) is 0 Å². The first-order valence-corrected chi connectivity index (χ1v) is 11.6. The molecule has 0 aromatic carbocycles. The highest BCUT2D eigenvalue weighted by molar-refractivity contribution is 7.50. The van der Waals surface area contributed by atoms with Gasteiger partial charge >= 0.3 is 7.75 Å². The molecule has 0 radical (unpaired) electrons. The molecule has 2 aromatic rings. The summed E-state index contributed by atoms with van der Waals surface area (Å²) in [5.41, 5.74) is 6.20. The van der Waals surface area contributed by atoms with E-state index in [1.165, 1.54) is 17.2 Å². The predicted octanol–water partition coefficient (Wildman–Crippen LogP) is -4.30. The molecule has 13 N–H and O–H groups in total. The van der Waals surface area contributed by atoms with Crippen molar-refractivity contribution in [2.24, 2.45) is 0 Å². The van der Waals surface area contributed by atoms with Crippen molar-refractivity contribution in [2.45, 2.75) is 55.2 Å². The van der Waals surface area contributed by atoms with Crippen molar-refractivity contribution in [1.82, 2.24) is 30.8 Å². The fraction of sp³-hybridized carbons (Fsp3) is 0.688. The number of fused-ring (bicyclic) bond motifs is 1. The number of hydrogen-bond acceptors (Lipinski definition) is 15. The van der Waals surface area contributed by atoms with E-state index in [0.717, 1.165) is 0 Å². The smallest absolute Gasteiger partial charge is 0.394 e. The molecule has 198 valence electrons. The molecule has 0 aliphatic carbocycles. The van der Waals surface area contributed by atoms with Crippen LogP contribution in [0, 0.1) is 0 Å². The van der Waals surface area contributed by atoms with Gasteiger partial charge in [0.2, 0.25) is 0 Å². The molecule has 0 saturated carbocycles. The SMILES string of the molecule is N.Nc1ncnc2c1ncn2[C@@H]1O[C@H](COP(=O)(O)N[C@H]2C(O)O[C@H](CO)[C@@H](O)[C@@H]2O)[C@@H](O)[C@H]1O. The third-order valence-corrected chi connectivity index (χ3v) is 6.75. The average molecular weight is 525 g/mol.